The standard InChI is InChI=1S/C22H16N6O4/c1-12-8-18(27-32-12)20-25-24-19-16-4-2-3-5-17(16)21(26-28(19)20)31-11-14-7-6-13(22(29)30)9-15(14)10-23/h2-9,22,29-30H,11H2,1H3. The van der Waals surface area contributed by atoms with Crippen molar-refractivity contribution in [3.8, 4) is 23.5 Å². The highest BCUT2D eigenvalue weighted by atomic mass is 16.5. The van der Waals surface area contributed by atoms with Gasteiger partial charge in [0.1, 0.15) is 12.4 Å². The molecule has 0 aliphatic heterocycles. The van der Waals surface area contributed by atoms with Crippen LogP contribution in [0.3, 0.4) is 0 Å². The summed E-state index contributed by atoms with van der Waals surface area (Å²) in [7, 11) is 0. The van der Waals surface area contributed by atoms with Crippen LogP contribution in [0.5, 0.6) is 5.88 Å². The minimum Gasteiger partial charge on any atom is -0.471 e. The summed E-state index contributed by atoms with van der Waals surface area (Å²) in [6.07, 6.45) is -1.66. The number of rotatable bonds is 5. The van der Waals surface area contributed by atoms with Crippen molar-refractivity contribution in [2.45, 2.75) is 19.8 Å². The molecule has 0 amide bonds. The maximum absolute atomic E-state index is 9.45. The van der Waals surface area contributed by atoms with Gasteiger partial charge < -0.3 is 19.5 Å². The number of aromatic nitrogens is 5. The van der Waals surface area contributed by atoms with Crippen molar-refractivity contribution in [2.24, 2.45) is 0 Å². The molecule has 3 aromatic heterocycles. The van der Waals surface area contributed by atoms with Gasteiger partial charge in [-0.25, -0.2) is 0 Å². The molecule has 0 atom stereocenters. The lowest BCUT2D eigenvalue weighted by molar-refractivity contribution is -0.0425. The van der Waals surface area contributed by atoms with E-state index in [4.69, 9.17) is 9.26 Å². The van der Waals surface area contributed by atoms with Crippen molar-refractivity contribution in [1.82, 2.24) is 25.0 Å². The van der Waals surface area contributed by atoms with Gasteiger partial charge in [0.05, 0.1) is 11.6 Å². The number of aryl methyl sites for hydroxylation is 1. The maximum Gasteiger partial charge on any atom is 0.240 e. The van der Waals surface area contributed by atoms with Crippen LogP contribution in [0.2, 0.25) is 0 Å². The Hall–Kier alpha value is -4.33. The molecule has 2 aromatic carbocycles. The first-order chi connectivity index (χ1) is 15.5. The van der Waals surface area contributed by atoms with E-state index in [1.165, 1.54) is 12.1 Å². The Morgan fingerprint density at radius 3 is 2.66 bits per heavy atom. The quantitative estimate of drug-likeness (QED) is 0.404. The van der Waals surface area contributed by atoms with Crippen molar-refractivity contribution in [2.75, 3.05) is 0 Å². The third kappa shape index (κ3) is 3.31. The molecule has 158 valence electrons. The zero-order valence-electron chi connectivity index (χ0n) is 16.8. The number of nitrogens with zero attached hydrogens (tertiary/aromatic N) is 6. The summed E-state index contributed by atoms with van der Waals surface area (Å²) in [5.41, 5.74) is 2.13. The SMILES string of the molecule is Cc1cc(-c2nnc3c4ccccc4c(OCc4ccc(C(O)O)cc4C#N)nn23)no1. The van der Waals surface area contributed by atoms with Crippen LogP contribution in [0.4, 0.5) is 0 Å². The van der Waals surface area contributed by atoms with Crippen molar-refractivity contribution in [3.63, 3.8) is 0 Å². The molecule has 0 bridgehead atoms. The number of hydrogen-bond donors (Lipinski definition) is 2. The number of aliphatic hydroxyl groups excluding tert-OH is 1. The number of nitriles is 1. The summed E-state index contributed by atoms with van der Waals surface area (Å²) >= 11 is 0. The minimum atomic E-state index is -1.66. The van der Waals surface area contributed by atoms with Gasteiger partial charge in [-0.2, -0.15) is 9.78 Å². The molecule has 5 aromatic rings. The molecule has 10 nitrogen and oxygen atoms in total. The Bertz CT molecular complexity index is 1500. The van der Waals surface area contributed by atoms with Gasteiger partial charge in [-0.05, 0) is 19.1 Å². The molecule has 0 aliphatic carbocycles. The molecular formula is C22H16N6O4. The minimum absolute atomic E-state index is 0.0493. The van der Waals surface area contributed by atoms with Gasteiger partial charge in [-0.1, -0.05) is 35.5 Å². The second-order valence-electron chi connectivity index (χ2n) is 7.12. The molecule has 0 aliphatic rings. The van der Waals surface area contributed by atoms with E-state index >= 15 is 0 Å². The van der Waals surface area contributed by atoms with Crippen LogP contribution in [-0.2, 0) is 6.61 Å². The molecule has 5 rings (SSSR count). The number of ether oxygens (including phenoxy) is 1. The molecule has 0 unspecified atom stereocenters. The van der Waals surface area contributed by atoms with Crippen LogP contribution in [0.1, 0.15) is 28.7 Å². The monoisotopic (exact) mass is 428 g/mol. The Balaban J connectivity index is 1.58. The Morgan fingerprint density at radius 2 is 1.94 bits per heavy atom. The van der Waals surface area contributed by atoms with Gasteiger partial charge in [0.2, 0.25) is 11.7 Å². The smallest absolute Gasteiger partial charge is 0.240 e. The van der Waals surface area contributed by atoms with Crippen LogP contribution < -0.4 is 4.74 Å². The molecule has 2 N–H and O–H groups in total. The predicted octanol–water partition coefficient (Wildman–Crippen LogP) is 2.67. The van der Waals surface area contributed by atoms with Gasteiger partial charge in [-0.3, -0.25) is 0 Å². The van der Waals surface area contributed by atoms with Gasteiger partial charge in [0.25, 0.3) is 0 Å². The highest BCUT2D eigenvalue weighted by Crippen LogP contribution is 2.29. The first-order valence-corrected chi connectivity index (χ1v) is 9.65. The van der Waals surface area contributed by atoms with Gasteiger partial charge in [0.15, 0.2) is 17.6 Å². The van der Waals surface area contributed by atoms with E-state index in [1.54, 1.807) is 23.6 Å². The zero-order valence-corrected chi connectivity index (χ0v) is 16.8. The summed E-state index contributed by atoms with van der Waals surface area (Å²) in [6.45, 7) is 1.83. The second-order valence-corrected chi connectivity index (χ2v) is 7.12. The lowest BCUT2D eigenvalue weighted by atomic mass is 10.1. The predicted molar refractivity (Wildman–Crippen MR) is 111 cm³/mol. The number of benzene rings is 2. The van der Waals surface area contributed by atoms with Crippen molar-refractivity contribution < 1.29 is 19.5 Å². The fraction of sp³-hybridized carbons (Fsp3) is 0.136. The Labute approximate surface area is 180 Å². The first kappa shape index (κ1) is 19.6. The zero-order chi connectivity index (χ0) is 22.2. The second kappa shape index (κ2) is 7.73. The van der Waals surface area contributed by atoms with Crippen molar-refractivity contribution in [3.05, 3.63) is 71.0 Å². The lowest BCUT2D eigenvalue weighted by Gasteiger charge is -2.12. The molecule has 0 spiro atoms. The number of hydrogen-bond acceptors (Lipinski definition) is 9. The summed E-state index contributed by atoms with van der Waals surface area (Å²) in [4.78, 5) is 0. The van der Waals surface area contributed by atoms with Crippen molar-refractivity contribution in [1.29, 1.82) is 5.26 Å². The summed E-state index contributed by atoms with van der Waals surface area (Å²) in [6, 6.07) is 15.9. The van der Waals surface area contributed by atoms with Crippen LogP contribution in [0, 0.1) is 18.3 Å². The number of aliphatic hydroxyl groups is 2. The topological polar surface area (TPSA) is 143 Å². The average Bonchev–Trinajstić information content (AvgIpc) is 3.43. The Morgan fingerprint density at radius 1 is 1.12 bits per heavy atom. The third-order valence-electron chi connectivity index (χ3n) is 5.00. The molecule has 0 radical (unpaired) electrons. The fourth-order valence-electron chi connectivity index (χ4n) is 3.42. The first-order valence-electron chi connectivity index (χ1n) is 9.65. The van der Waals surface area contributed by atoms with Crippen molar-refractivity contribution >= 4 is 16.4 Å². The summed E-state index contributed by atoms with van der Waals surface area (Å²) < 4.78 is 12.7. The summed E-state index contributed by atoms with van der Waals surface area (Å²) in [5.74, 6) is 1.37. The van der Waals surface area contributed by atoms with Crippen LogP contribution >= 0.6 is 0 Å². The highest BCUT2D eigenvalue weighted by Gasteiger charge is 2.19. The Kier molecular flexibility index (Phi) is 4.74. The number of fused-ring (bicyclic) bond motifs is 3. The third-order valence-corrected chi connectivity index (χ3v) is 5.00. The van der Waals surface area contributed by atoms with Crippen LogP contribution in [0.15, 0.2) is 53.1 Å². The lowest BCUT2D eigenvalue weighted by Crippen LogP contribution is -2.05. The van der Waals surface area contributed by atoms with Gasteiger partial charge in [-0.15, -0.1) is 15.3 Å². The van der Waals surface area contributed by atoms with Gasteiger partial charge in [0, 0.05) is 28.0 Å². The van der Waals surface area contributed by atoms with Crippen LogP contribution in [-0.4, -0.2) is 35.2 Å². The molecular weight excluding hydrogens is 412 g/mol. The maximum atomic E-state index is 9.45. The normalized spacial score (nSPS) is 11.3. The van der Waals surface area contributed by atoms with E-state index in [0.29, 0.717) is 34.4 Å². The molecule has 0 saturated carbocycles. The fourth-order valence-corrected chi connectivity index (χ4v) is 3.42. The molecule has 10 heteroatoms. The van der Waals surface area contributed by atoms with E-state index in [0.717, 1.165) is 10.8 Å². The van der Waals surface area contributed by atoms with E-state index in [2.05, 4.69) is 26.5 Å². The largest absolute Gasteiger partial charge is 0.471 e. The van der Waals surface area contributed by atoms with E-state index in [1.807, 2.05) is 24.3 Å². The van der Waals surface area contributed by atoms with Gasteiger partial charge >= 0.3 is 0 Å². The molecule has 0 fully saturated rings. The molecule has 0 saturated heterocycles. The van der Waals surface area contributed by atoms with E-state index in [9.17, 15) is 15.5 Å². The summed E-state index contributed by atoms with van der Waals surface area (Å²) in [5, 5.41) is 46.7. The van der Waals surface area contributed by atoms with Crippen LogP contribution in [0.25, 0.3) is 27.9 Å². The van der Waals surface area contributed by atoms with E-state index in [-0.39, 0.29) is 17.7 Å². The molecule has 3 heterocycles. The molecule has 32 heavy (non-hydrogen) atoms. The van der Waals surface area contributed by atoms with E-state index < -0.39 is 6.29 Å². The average molecular weight is 428 g/mol. The highest BCUT2D eigenvalue weighted by molar-refractivity contribution is 5.96.